The van der Waals surface area contributed by atoms with Gasteiger partial charge in [0.25, 0.3) is 5.91 Å². The second-order valence-corrected chi connectivity index (χ2v) is 8.63. The van der Waals surface area contributed by atoms with Crippen LogP contribution in [0.2, 0.25) is 0 Å². The first kappa shape index (κ1) is 18.8. The van der Waals surface area contributed by atoms with E-state index in [0.717, 1.165) is 39.1 Å². The van der Waals surface area contributed by atoms with Gasteiger partial charge in [-0.25, -0.2) is 4.98 Å². The van der Waals surface area contributed by atoms with E-state index in [2.05, 4.69) is 31.5 Å². The fraction of sp³-hybridized carbons (Fsp3) is 0.190. The minimum Gasteiger partial charge on any atom is -0.326 e. The zero-order valence-electron chi connectivity index (χ0n) is 15.2. The molecular formula is C21H18BrN3O2S. The third kappa shape index (κ3) is 3.86. The molecule has 2 amide bonds. The molecule has 5 nitrogen and oxygen atoms in total. The Kier molecular flexibility index (Phi) is 5.28. The highest BCUT2D eigenvalue weighted by molar-refractivity contribution is 9.10. The maximum absolute atomic E-state index is 12.8. The highest BCUT2D eigenvalue weighted by Gasteiger charge is 2.33. The molecule has 1 aliphatic carbocycles. The Bertz CT molecular complexity index is 1050. The van der Waals surface area contributed by atoms with Crippen LogP contribution in [0.4, 0.5) is 10.8 Å². The van der Waals surface area contributed by atoms with Gasteiger partial charge in [0, 0.05) is 20.6 Å². The maximum Gasteiger partial charge on any atom is 0.257 e. The topological polar surface area (TPSA) is 71.1 Å². The highest BCUT2D eigenvalue weighted by atomic mass is 79.9. The molecule has 2 N–H and O–H groups in total. The summed E-state index contributed by atoms with van der Waals surface area (Å²) in [5.74, 6) is -0.552. The summed E-state index contributed by atoms with van der Waals surface area (Å²) in [7, 11) is 0. The van der Waals surface area contributed by atoms with Gasteiger partial charge in [-0.3, -0.25) is 14.9 Å². The summed E-state index contributed by atoms with van der Waals surface area (Å²) in [6.45, 7) is 1.98. The van der Waals surface area contributed by atoms with E-state index >= 15 is 0 Å². The third-order valence-corrected chi connectivity index (χ3v) is 6.65. The van der Waals surface area contributed by atoms with Crippen LogP contribution >= 0.6 is 27.3 Å². The fourth-order valence-corrected chi connectivity index (χ4v) is 4.53. The number of benzene rings is 2. The van der Waals surface area contributed by atoms with Crippen molar-refractivity contribution in [3.63, 3.8) is 0 Å². The van der Waals surface area contributed by atoms with Crippen molar-refractivity contribution in [3.05, 3.63) is 74.7 Å². The molecule has 1 unspecified atom stereocenters. The summed E-state index contributed by atoms with van der Waals surface area (Å²) in [5, 5.41) is 6.37. The molecular weight excluding hydrogens is 438 g/mol. The van der Waals surface area contributed by atoms with Crippen LogP contribution in [-0.4, -0.2) is 16.8 Å². The number of carbonyl (C=O) groups is 2. The number of fused-ring (bicyclic) bond motifs is 1. The summed E-state index contributed by atoms with van der Waals surface area (Å²) in [5.41, 5.74) is 3.19. The molecule has 0 radical (unpaired) electrons. The van der Waals surface area contributed by atoms with Crippen LogP contribution in [0.5, 0.6) is 0 Å². The van der Waals surface area contributed by atoms with Gasteiger partial charge in [-0.05, 0) is 55.7 Å². The van der Waals surface area contributed by atoms with Gasteiger partial charge in [0.1, 0.15) is 0 Å². The van der Waals surface area contributed by atoms with Crippen LogP contribution in [0.25, 0.3) is 0 Å². The van der Waals surface area contributed by atoms with Crippen LogP contribution in [0.1, 0.15) is 38.8 Å². The normalized spacial score (nSPS) is 15.1. The molecule has 0 aliphatic heterocycles. The van der Waals surface area contributed by atoms with Gasteiger partial charge in [0.05, 0.1) is 11.6 Å². The van der Waals surface area contributed by atoms with Crippen LogP contribution in [0, 0.1) is 6.92 Å². The molecule has 1 atom stereocenters. The van der Waals surface area contributed by atoms with E-state index in [1.165, 1.54) is 11.3 Å². The first-order valence-corrected chi connectivity index (χ1v) is 10.6. The number of aromatic nitrogens is 1. The van der Waals surface area contributed by atoms with Crippen LogP contribution in [-0.2, 0) is 11.2 Å². The largest absolute Gasteiger partial charge is 0.326 e. The van der Waals surface area contributed by atoms with E-state index in [1.807, 2.05) is 43.3 Å². The predicted octanol–water partition coefficient (Wildman–Crippen LogP) is 5.13. The van der Waals surface area contributed by atoms with E-state index < -0.39 is 0 Å². The lowest BCUT2D eigenvalue weighted by Crippen LogP contribution is -2.20. The lowest BCUT2D eigenvalue weighted by Gasteiger charge is -2.11. The van der Waals surface area contributed by atoms with Crippen LogP contribution in [0.3, 0.4) is 0 Å². The number of hydrogen-bond acceptors (Lipinski definition) is 4. The Balaban J connectivity index is 1.47. The van der Waals surface area contributed by atoms with E-state index in [4.69, 9.17) is 0 Å². The molecule has 1 heterocycles. The number of amides is 2. The Morgan fingerprint density at radius 2 is 1.93 bits per heavy atom. The summed E-state index contributed by atoms with van der Waals surface area (Å²) in [6.07, 6.45) is 1.54. The third-order valence-electron chi connectivity index (χ3n) is 4.72. The number of hydrogen-bond donors (Lipinski definition) is 2. The first-order chi connectivity index (χ1) is 13.5. The number of aryl methyl sites for hydroxylation is 2. The smallest absolute Gasteiger partial charge is 0.257 e. The molecule has 0 spiro atoms. The molecule has 1 aliphatic rings. The summed E-state index contributed by atoms with van der Waals surface area (Å²) >= 11 is 4.91. The van der Waals surface area contributed by atoms with Crippen molar-refractivity contribution in [1.29, 1.82) is 0 Å². The van der Waals surface area contributed by atoms with Gasteiger partial charge in [-0.2, -0.15) is 0 Å². The Morgan fingerprint density at radius 3 is 2.68 bits per heavy atom. The summed E-state index contributed by atoms with van der Waals surface area (Å²) in [6, 6.07) is 14.7. The average Bonchev–Trinajstić information content (AvgIpc) is 3.25. The van der Waals surface area contributed by atoms with Crippen molar-refractivity contribution in [2.45, 2.75) is 25.7 Å². The van der Waals surface area contributed by atoms with E-state index in [-0.39, 0.29) is 17.7 Å². The van der Waals surface area contributed by atoms with Gasteiger partial charge in [0.2, 0.25) is 5.91 Å². The number of halogens is 1. The standard InChI is InChI=1S/C21H18BrN3O2S/c1-12-11-14(7-9-16(12)22)23-20(27)15-8-10-17-18(15)24-21(28-17)25-19(26)13-5-3-2-4-6-13/h2-7,9,11,15H,8,10H2,1H3,(H,23,27)(H,24,25,26). The number of thiazole rings is 1. The van der Waals surface area contributed by atoms with Gasteiger partial charge in [-0.1, -0.05) is 34.1 Å². The second kappa shape index (κ2) is 7.85. The Hall–Kier alpha value is -2.51. The van der Waals surface area contributed by atoms with Gasteiger partial charge < -0.3 is 5.32 Å². The average molecular weight is 456 g/mol. The van der Waals surface area contributed by atoms with Crippen molar-refractivity contribution in [2.75, 3.05) is 10.6 Å². The monoisotopic (exact) mass is 455 g/mol. The molecule has 1 aromatic heterocycles. The van der Waals surface area contributed by atoms with E-state index in [9.17, 15) is 9.59 Å². The molecule has 3 aromatic rings. The van der Waals surface area contributed by atoms with Crippen molar-refractivity contribution in [2.24, 2.45) is 0 Å². The van der Waals surface area contributed by atoms with E-state index in [1.54, 1.807) is 12.1 Å². The molecule has 28 heavy (non-hydrogen) atoms. The fourth-order valence-electron chi connectivity index (χ4n) is 3.25. The molecule has 7 heteroatoms. The van der Waals surface area contributed by atoms with Gasteiger partial charge in [-0.15, -0.1) is 11.3 Å². The van der Waals surface area contributed by atoms with Gasteiger partial charge >= 0.3 is 0 Å². The molecule has 142 valence electrons. The van der Waals surface area contributed by atoms with Gasteiger partial charge in [0.15, 0.2) is 5.13 Å². The SMILES string of the molecule is Cc1cc(NC(=O)C2CCc3sc(NC(=O)c4ccccc4)nc32)ccc1Br. The summed E-state index contributed by atoms with van der Waals surface area (Å²) in [4.78, 5) is 30.7. The molecule has 0 bridgehead atoms. The summed E-state index contributed by atoms with van der Waals surface area (Å²) < 4.78 is 1.01. The molecule has 0 saturated heterocycles. The zero-order chi connectivity index (χ0) is 19.7. The number of nitrogens with zero attached hydrogens (tertiary/aromatic N) is 1. The maximum atomic E-state index is 12.8. The number of rotatable bonds is 4. The molecule has 2 aromatic carbocycles. The quantitative estimate of drug-likeness (QED) is 0.572. The predicted molar refractivity (Wildman–Crippen MR) is 115 cm³/mol. The molecule has 0 fully saturated rings. The second-order valence-electron chi connectivity index (χ2n) is 6.69. The number of anilines is 2. The van der Waals surface area contributed by atoms with Crippen LogP contribution in [0.15, 0.2) is 53.0 Å². The lowest BCUT2D eigenvalue weighted by atomic mass is 10.1. The Morgan fingerprint density at radius 1 is 1.14 bits per heavy atom. The Labute approximate surface area is 175 Å². The lowest BCUT2D eigenvalue weighted by molar-refractivity contribution is -0.117. The number of carbonyl (C=O) groups excluding carboxylic acids is 2. The van der Waals surface area contributed by atoms with Crippen molar-refractivity contribution >= 4 is 49.9 Å². The van der Waals surface area contributed by atoms with Crippen molar-refractivity contribution in [1.82, 2.24) is 4.98 Å². The minimum absolute atomic E-state index is 0.0632. The molecule has 4 rings (SSSR count). The zero-order valence-corrected chi connectivity index (χ0v) is 17.6. The van der Waals surface area contributed by atoms with Crippen LogP contribution < -0.4 is 10.6 Å². The highest BCUT2D eigenvalue weighted by Crippen LogP contribution is 2.39. The molecule has 0 saturated carbocycles. The number of nitrogens with one attached hydrogen (secondary N) is 2. The van der Waals surface area contributed by atoms with Crippen molar-refractivity contribution in [3.8, 4) is 0 Å². The first-order valence-electron chi connectivity index (χ1n) is 8.94. The van der Waals surface area contributed by atoms with Crippen molar-refractivity contribution < 1.29 is 9.59 Å². The van der Waals surface area contributed by atoms with E-state index in [0.29, 0.717) is 10.7 Å². The minimum atomic E-state index is -0.294.